The average molecular weight is 489 g/mol. The van der Waals surface area contributed by atoms with Crippen LogP contribution in [0.3, 0.4) is 0 Å². The quantitative estimate of drug-likeness (QED) is 0.594. The maximum atomic E-state index is 13.5. The lowest BCUT2D eigenvalue weighted by Gasteiger charge is -2.43. The van der Waals surface area contributed by atoms with Crippen molar-refractivity contribution in [3.63, 3.8) is 0 Å². The first kappa shape index (κ1) is 24.5. The molecule has 0 bridgehead atoms. The number of ether oxygens (including phenoxy) is 2. The Bertz CT molecular complexity index is 1000. The summed E-state index contributed by atoms with van der Waals surface area (Å²) in [4.78, 5) is 30.5. The summed E-state index contributed by atoms with van der Waals surface area (Å²) in [5, 5.41) is 4.92. The molecule has 184 valence electrons. The first-order valence-corrected chi connectivity index (χ1v) is 12.3. The third-order valence-corrected chi connectivity index (χ3v) is 6.79. The number of amides is 2. The second-order valence-electron chi connectivity index (χ2n) is 9.50. The number of carbonyl (C=O) groups excluding carboxylic acids is 2. The van der Waals surface area contributed by atoms with E-state index in [0.717, 1.165) is 12.8 Å². The molecule has 2 amide bonds. The minimum absolute atomic E-state index is 0.0585. The van der Waals surface area contributed by atoms with Crippen molar-refractivity contribution in [2.75, 3.05) is 46.0 Å². The highest BCUT2D eigenvalue weighted by Gasteiger charge is 2.41. The van der Waals surface area contributed by atoms with Crippen LogP contribution in [0.4, 0.5) is 0 Å². The van der Waals surface area contributed by atoms with Crippen LogP contribution < -0.4 is 4.74 Å². The molecule has 0 aliphatic carbocycles. The molecule has 3 heterocycles. The van der Waals surface area contributed by atoms with Gasteiger partial charge in [0.25, 0.3) is 5.91 Å². The molecule has 8 nitrogen and oxygen atoms in total. The van der Waals surface area contributed by atoms with Gasteiger partial charge in [-0.15, -0.1) is 0 Å². The van der Waals surface area contributed by atoms with Gasteiger partial charge < -0.3 is 19.3 Å². The van der Waals surface area contributed by atoms with Crippen molar-refractivity contribution in [2.24, 2.45) is 5.41 Å². The topological polar surface area (TPSA) is 76.9 Å². The predicted molar refractivity (Wildman–Crippen MR) is 129 cm³/mol. The summed E-state index contributed by atoms with van der Waals surface area (Å²) < 4.78 is 13.3. The van der Waals surface area contributed by atoms with Crippen LogP contribution in [-0.4, -0.2) is 77.4 Å². The minimum Gasteiger partial charge on any atom is -0.493 e. The fourth-order valence-electron chi connectivity index (χ4n) is 4.79. The van der Waals surface area contributed by atoms with E-state index >= 15 is 0 Å². The molecule has 0 unspecified atom stereocenters. The second-order valence-corrected chi connectivity index (χ2v) is 9.94. The van der Waals surface area contributed by atoms with Crippen molar-refractivity contribution in [3.8, 4) is 5.75 Å². The Morgan fingerprint density at radius 1 is 1.18 bits per heavy atom. The molecule has 1 atom stereocenters. The molecule has 1 aromatic heterocycles. The van der Waals surface area contributed by atoms with Gasteiger partial charge in [-0.25, -0.2) is 0 Å². The minimum atomic E-state index is -0.492. The summed E-state index contributed by atoms with van der Waals surface area (Å²) >= 11 is 6.14. The average Bonchev–Trinajstić information content (AvgIpc) is 3.34. The molecule has 0 radical (unpaired) electrons. The highest BCUT2D eigenvalue weighted by atomic mass is 35.5. The standard InChI is InChI=1S/C25H33ClN4O4/c1-19(2)30-22(7-9-27-30)24(32)29-10-4-8-25(17-29,16-23(31)28-11-13-33-14-12-28)18-34-21-6-3-5-20(26)15-21/h3,5-7,9,15,19H,4,8,10-14,16-18H2,1-2H3/t25-/m1/s1. The van der Waals surface area contributed by atoms with Gasteiger partial charge in [0.2, 0.25) is 5.91 Å². The second kappa shape index (κ2) is 10.8. The fraction of sp³-hybridized carbons (Fsp3) is 0.560. The number of likely N-dealkylation sites (tertiary alicyclic amines) is 1. The number of hydrogen-bond acceptors (Lipinski definition) is 5. The van der Waals surface area contributed by atoms with E-state index in [2.05, 4.69) is 5.10 Å². The van der Waals surface area contributed by atoms with Gasteiger partial charge in [-0.3, -0.25) is 14.3 Å². The van der Waals surface area contributed by atoms with E-state index in [1.165, 1.54) is 0 Å². The summed E-state index contributed by atoms with van der Waals surface area (Å²) in [6.45, 7) is 7.74. The third kappa shape index (κ3) is 5.73. The van der Waals surface area contributed by atoms with Gasteiger partial charge in [-0.1, -0.05) is 17.7 Å². The van der Waals surface area contributed by atoms with Crippen LogP contribution in [0.5, 0.6) is 5.75 Å². The lowest BCUT2D eigenvalue weighted by Crippen LogP contribution is -2.52. The van der Waals surface area contributed by atoms with Crippen LogP contribution in [0.2, 0.25) is 5.02 Å². The van der Waals surface area contributed by atoms with Gasteiger partial charge in [0, 0.05) is 55.3 Å². The van der Waals surface area contributed by atoms with Crippen molar-refractivity contribution in [1.29, 1.82) is 0 Å². The maximum Gasteiger partial charge on any atom is 0.272 e. The highest BCUT2D eigenvalue weighted by molar-refractivity contribution is 6.30. The van der Waals surface area contributed by atoms with E-state index in [1.54, 1.807) is 29.1 Å². The Morgan fingerprint density at radius 2 is 1.97 bits per heavy atom. The monoisotopic (exact) mass is 488 g/mol. The number of halogens is 1. The number of rotatable bonds is 7. The number of benzene rings is 1. The number of carbonyl (C=O) groups is 2. The largest absolute Gasteiger partial charge is 0.493 e. The third-order valence-electron chi connectivity index (χ3n) is 6.56. The van der Waals surface area contributed by atoms with E-state index in [1.807, 2.05) is 35.8 Å². The lowest BCUT2D eigenvalue weighted by atomic mass is 9.77. The maximum absolute atomic E-state index is 13.5. The van der Waals surface area contributed by atoms with Crippen LogP contribution in [0.15, 0.2) is 36.5 Å². The molecule has 2 aromatic rings. The van der Waals surface area contributed by atoms with Crippen molar-refractivity contribution in [1.82, 2.24) is 19.6 Å². The van der Waals surface area contributed by atoms with E-state index in [9.17, 15) is 9.59 Å². The summed E-state index contributed by atoms with van der Waals surface area (Å²) in [5.41, 5.74) is 0.0787. The molecule has 1 aromatic carbocycles. The number of piperidine rings is 1. The summed E-state index contributed by atoms with van der Waals surface area (Å²) in [5.74, 6) is 0.684. The van der Waals surface area contributed by atoms with Gasteiger partial charge >= 0.3 is 0 Å². The van der Waals surface area contributed by atoms with E-state index < -0.39 is 5.41 Å². The zero-order chi connectivity index (χ0) is 24.1. The van der Waals surface area contributed by atoms with Crippen LogP contribution >= 0.6 is 11.6 Å². The first-order valence-electron chi connectivity index (χ1n) is 11.9. The van der Waals surface area contributed by atoms with Crippen molar-refractivity contribution < 1.29 is 19.1 Å². The van der Waals surface area contributed by atoms with Crippen molar-refractivity contribution in [3.05, 3.63) is 47.2 Å². The van der Waals surface area contributed by atoms with Gasteiger partial charge in [-0.2, -0.15) is 5.10 Å². The molecule has 2 aliphatic rings. The molecule has 2 saturated heterocycles. The van der Waals surface area contributed by atoms with E-state index in [-0.39, 0.29) is 17.9 Å². The Hall–Kier alpha value is -2.58. The van der Waals surface area contributed by atoms with Crippen molar-refractivity contribution in [2.45, 2.75) is 39.2 Å². The molecule has 2 fully saturated rings. The van der Waals surface area contributed by atoms with Crippen molar-refractivity contribution >= 4 is 23.4 Å². The molecule has 34 heavy (non-hydrogen) atoms. The van der Waals surface area contributed by atoms with Gasteiger partial charge in [0.1, 0.15) is 11.4 Å². The smallest absolute Gasteiger partial charge is 0.272 e. The van der Waals surface area contributed by atoms with Crippen LogP contribution in [0, 0.1) is 5.41 Å². The van der Waals surface area contributed by atoms with Gasteiger partial charge in [0.15, 0.2) is 0 Å². The van der Waals surface area contributed by atoms with Crippen LogP contribution in [0.25, 0.3) is 0 Å². The van der Waals surface area contributed by atoms with Gasteiger partial charge in [-0.05, 0) is 51.0 Å². The number of aromatic nitrogens is 2. The molecule has 2 aliphatic heterocycles. The Labute approximate surface area is 205 Å². The molecule has 4 rings (SSSR count). The van der Waals surface area contributed by atoms with E-state index in [0.29, 0.717) is 68.9 Å². The molecule has 0 N–H and O–H groups in total. The fourth-order valence-corrected chi connectivity index (χ4v) is 4.97. The summed E-state index contributed by atoms with van der Waals surface area (Å²) in [6, 6.07) is 9.11. The van der Waals surface area contributed by atoms with Crippen LogP contribution in [-0.2, 0) is 9.53 Å². The molecule has 0 saturated carbocycles. The Morgan fingerprint density at radius 3 is 2.71 bits per heavy atom. The molecule has 9 heteroatoms. The molecular formula is C25H33ClN4O4. The number of morpholine rings is 1. The Balaban J connectivity index is 1.55. The number of hydrogen-bond donors (Lipinski definition) is 0. The summed E-state index contributed by atoms with van der Waals surface area (Å²) in [7, 11) is 0. The zero-order valence-corrected chi connectivity index (χ0v) is 20.7. The SMILES string of the molecule is CC(C)n1nccc1C(=O)N1CCC[C@@](COc2cccc(Cl)c2)(CC(=O)N2CCOCC2)C1. The zero-order valence-electron chi connectivity index (χ0n) is 19.9. The predicted octanol–water partition coefficient (Wildman–Crippen LogP) is 3.67. The van der Waals surface area contributed by atoms with E-state index in [4.69, 9.17) is 21.1 Å². The Kier molecular flexibility index (Phi) is 7.78. The highest BCUT2D eigenvalue weighted by Crippen LogP contribution is 2.36. The first-order chi connectivity index (χ1) is 16.4. The number of nitrogens with zero attached hydrogens (tertiary/aromatic N) is 4. The molecular weight excluding hydrogens is 456 g/mol. The van der Waals surface area contributed by atoms with Crippen LogP contribution in [0.1, 0.15) is 49.6 Å². The normalized spacial score (nSPS) is 21.1. The molecule has 0 spiro atoms. The summed E-state index contributed by atoms with van der Waals surface area (Å²) in [6.07, 6.45) is 3.59. The van der Waals surface area contributed by atoms with Gasteiger partial charge in [0.05, 0.1) is 19.8 Å². The lowest BCUT2D eigenvalue weighted by molar-refractivity contribution is -0.139.